The predicted molar refractivity (Wildman–Crippen MR) is 67.1 cm³/mol. The molecule has 0 aliphatic rings. The second-order valence-electron chi connectivity index (χ2n) is 5.30. The number of hydrogen-bond acceptors (Lipinski definition) is 3. The third kappa shape index (κ3) is 4.33. The molecule has 1 aromatic heterocycles. The minimum Gasteiger partial charge on any atom is -0.477 e. The molecule has 0 unspecified atom stereocenters. The first-order valence-corrected chi connectivity index (χ1v) is 6.10. The van der Waals surface area contributed by atoms with E-state index in [1.807, 2.05) is 6.07 Å². The molecule has 0 aliphatic carbocycles. The number of carboxylic acids is 1. The molecular weight excluding hydrogens is 222 g/mol. The summed E-state index contributed by atoms with van der Waals surface area (Å²) in [6.45, 7) is 8.39. The highest BCUT2D eigenvalue weighted by Crippen LogP contribution is 2.20. The van der Waals surface area contributed by atoms with Crippen molar-refractivity contribution in [1.82, 2.24) is 4.90 Å². The predicted octanol–water partition coefficient (Wildman–Crippen LogP) is 2.92. The lowest BCUT2D eigenvalue weighted by Gasteiger charge is -2.25. The zero-order valence-corrected chi connectivity index (χ0v) is 11.1. The number of rotatable bonds is 4. The molecule has 0 bridgehead atoms. The van der Waals surface area contributed by atoms with Crippen molar-refractivity contribution in [1.29, 1.82) is 0 Å². The molecule has 1 N–H and O–H groups in total. The van der Waals surface area contributed by atoms with Crippen molar-refractivity contribution in [2.24, 2.45) is 5.41 Å². The van der Waals surface area contributed by atoms with Gasteiger partial charge in [0.1, 0.15) is 4.88 Å². The van der Waals surface area contributed by atoms with Gasteiger partial charge < -0.3 is 10.0 Å². The minimum absolute atomic E-state index is 0.266. The molecule has 0 aliphatic heterocycles. The lowest BCUT2D eigenvalue weighted by atomic mass is 9.96. The number of thiophene rings is 1. The minimum atomic E-state index is -0.838. The largest absolute Gasteiger partial charge is 0.477 e. The molecule has 0 aromatic carbocycles. The van der Waals surface area contributed by atoms with Crippen LogP contribution in [0.15, 0.2) is 12.1 Å². The van der Waals surface area contributed by atoms with Gasteiger partial charge in [-0.15, -0.1) is 11.3 Å². The molecular formula is C12H19NO2S. The van der Waals surface area contributed by atoms with Gasteiger partial charge in [0.05, 0.1) is 0 Å². The van der Waals surface area contributed by atoms with Gasteiger partial charge >= 0.3 is 5.97 Å². The zero-order chi connectivity index (χ0) is 12.3. The molecule has 0 saturated heterocycles. The molecule has 0 radical (unpaired) electrons. The summed E-state index contributed by atoms with van der Waals surface area (Å²) >= 11 is 1.35. The van der Waals surface area contributed by atoms with Crippen LogP contribution in [0.25, 0.3) is 0 Å². The van der Waals surface area contributed by atoms with Crippen LogP contribution in [0.3, 0.4) is 0 Å². The van der Waals surface area contributed by atoms with Crippen LogP contribution in [0.1, 0.15) is 35.3 Å². The van der Waals surface area contributed by atoms with Crippen LogP contribution in [-0.4, -0.2) is 29.6 Å². The Morgan fingerprint density at radius 3 is 2.50 bits per heavy atom. The highest BCUT2D eigenvalue weighted by Gasteiger charge is 2.14. The number of nitrogens with zero attached hydrogens (tertiary/aromatic N) is 1. The maximum atomic E-state index is 10.7. The van der Waals surface area contributed by atoms with Crippen LogP contribution in [0.5, 0.6) is 0 Å². The standard InChI is InChI=1S/C12H19NO2S/c1-12(2,3)8-13(4)7-9-5-6-10(16-9)11(14)15/h5-6H,7-8H2,1-4H3,(H,14,15). The first-order valence-electron chi connectivity index (χ1n) is 5.28. The molecule has 1 heterocycles. The Kier molecular flexibility index (Phi) is 4.10. The van der Waals surface area contributed by atoms with Crippen molar-refractivity contribution in [2.45, 2.75) is 27.3 Å². The van der Waals surface area contributed by atoms with Crippen LogP contribution in [0, 0.1) is 5.41 Å². The maximum absolute atomic E-state index is 10.7. The van der Waals surface area contributed by atoms with Crippen LogP contribution >= 0.6 is 11.3 Å². The van der Waals surface area contributed by atoms with Crippen molar-refractivity contribution in [3.05, 3.63) is 21.9 Å². The van der Waals surface area contributed by atoms with E-state index >= 15 is 0 Å². The van der Waals surface area contributed by atoms with Gasteiger partial charge in [-0.2, -0.15) is 0 Å². The van der Waals surface area contributed by atoms with Gasteiger partial charge in [0.2, 0.25) is 0 Å². The fourth-order valence-corrected chi connectivity index (χ4v) is 2.64. The smallest absolute Gasteiger partial charge is 0.345 e. The normalized spacial score (nSPS) is 12.1. The average molecular weight is 241 g/mol. The van der Waals surface area contributed by atoms with E-state index in [0.717, 1.165) is 18.0 Å². The van der Waals surface area contributed by atoms with E-state index in [1.165, 1.54) is 11.3 Å². The molecule has 0 fully saturated rings. The third-order valence-electron chi connectivity index (χ3n) is 2.04. The topological polar surface area (TPSA) is 40.5 Å². The maximum Gasteiger partial charge on any atom is 0.345 e. The lowest BCUT2D eigenvalue weighted by Crippen LogP contribution is -2.28. The van der Waals surface area contributed by atoms with E-state index in [0.29, 0.717) is 4.88 Å². The first kappa shape index (κ1) is 13.2. The monoisotopic (exact) mass is 241 g/mol. The fraction of sp³-hybridized carbons (Fsp3) is 0.583. The Morgan fingerprint density at radius 1 is 1.44 bits per heavy atom. The summed E-state index contributed by atoms with van der Waals surface area (Å²) in [5.41, 5.74) is 0.266. The van der Waals surface area contributed by atoms with Gasteiger partial charge in [-0.3, -0.25) is 0 Å². The van der Waals surface area contributed by atoms with Gasteiger partial charge in [-0.1, -0.05) is 20.8 Å². The quantitative estimate of drug-likeness (QED) is 0.881. The van der Waals surface area contributed by atoms with Crippen LogP contribution in [-0.2, 0) is 6.54 Å². The van der Waals surface area contributed by atoms with Crippen LogP contribution in [0.2, 0.25) is 0 Å². The average Bonchev–Trinajstić information content (AvgIpc) is 2.48. The summed E-state index contributed by atoms with van der Waals surface area (Å²) in [6.07, 6.45) is 0. The third-order valence-corrected chi connectivity index (χ3v) is 3.10. The van der Waals surface area contributed by atoms with Gasteiger partial charge in [0.25, 0.3) is 0 Å². The van der Waals surface area contributed by atoms with Crippen molar-refractivity contribution < 1.29 is 9.90 Å². The molecule has 0 atom stereocenters. The first-order chi connectivity index (χ1) is 7.28. The van der Waals surface area contributed by atoms with Crippen molar-refractivity contribution in [3.63, 3.8) is 0 Å². The van der Waals surface area contributed by atoms with Crippen LogP contribution < -0.4 is 0 Å². The van der Waals surface area contributed by atoms with Gasteiger partial charge in [-0.05, 0) is 24.6 Å². The van der Waals surface area contributed by atoms with E-state index in [2.05, 4.69) is 32.7 Å². The molecule has 90 valence electrons. The molecule has 16 heavy (non-hydrogen) atoms. The summed E-state index contributed by atoms with van der Waals surface area (Å²) in [7, 11) is 2.06. The number of carbonyl (C=O) groups is 1. The summed E-state index contributed by atoms with van der Waals surface area (Å²) < 4.78 is 0. The van der Waals surface area contributed by atoms with Gasteiger partial charge in [0, 0.05) is 18.0 Å². The fourth-order valence-electron chi connectivity index (χ4n) is 1.71. The zero-order valence-electron chi connectivity index (χ0n) is 10.3. The Hall–Kier alpha value is -0.870. The second-order valence-corrected chi connectivity index (χ2v) is 6.47. The summed E-state index contributed by atoms with van der Waals surface area (Å²) in [5, 5.41) is 8.82. The Labute approximate surface area is 101 Å². The van der Waals surface area contributed by atoms with E-state index in [4.69, 9.17) is 5.11 Å². The molecule has 0 amide bonds. The second kappa shape index (κ2) is 4.97. The molecule has 4 heteroatoms. The summed E-state index contributed by atoms with van der Waals surface area (Å²) in [4.78, 5) is 14.5. The SMILES string of the molecule is CN(Cc1ccc(C(=O)O)s1)CC(C)(C)C. The molecule has 1 rings (SSSR count). The molecule has 0 spiro atoms. The summed E-state index contributed by atoms with van der Waals surface area (Å²) in [6, 6.07) is 3.57. The Morgan fingerprint density at radius 2 is 2.06 bits per heavy atom. The highest BCUT2D eigenvalue weighted by molar-refractivity contribution is 7.13. The van der Waals surface area contributed by atoms with Gasteiger partial charge in [0.15, 0.2) is 0 Å². The molecule has 0 saturated carbocycles. The number of carboxylic acid groups (broad SMARTS) is 1. The molecule has 1 aromatic rings. The van der Waals surface area contributed by atoms with Crippen molar-refractivity contribution in [2.75, 3.05) is 13.6 Å². The van der Waals surface area contributed by atoms with Crippen LogP contribution in [0.4, 0.5) is 0 Å². The lowest BCUT2D eigenvalue weighted by molar-refractivity contribution is 0.0702. The van der Waals surface area contributed by atoms with E-state index in [9.17, 15) is 4.79 Å². The Balaban J connectivity index is 2.56. The highest BCUT2D eigenvalue weighted by atomic mass is 32.1. The number of aromatic carboxylic acids is 1. The van der Waals surface area contributed by atoms with E-state index in [1.54, 1.807) is 6.07 Å². The summed E-state index contributed by atoms with van der Waals surface area (Å²) in [5.74, 6) is -0.838. The van der Waals surface area contributed by atoms with E-state index < -0.39 is 5.97 Å². The van der Waals surface area contributed by atoms with Crippen molar-refractivity contribution >= 4 is 17.3 Å². The number of hydrogen-bond donors (Lipinski definition) is 1. The van der Waals surface area contributed by atoms with Gasteiger partial charge in [-0.25, -0.2) is 4.79 Å². The molecule has 3 nitrogen and oxygen atoms in total. The van der Waals surface area contributed by atoms with E-state index in [-0.39, 0.29) is 5.41 Å². The Bertz CT molecular complexity index is 365. The van der Waals surface area contributed by atoms with Crippen molar-refractivity contribution in [3.8, 4) is 0 Å².